The third-order valence-corrected chi connectivity index (χ3v) is 5.53. The van der Waals surface area contributed by atoms with Crippen LogP contribution in [0.25, 0.3) is 0 Å². The summed E-state index contributed by atoms with van der Waals surface area (Å²) in [5.41, 5.74) is 2.47. The van der Waals surface area contributed by atoms with Crippen LogP contribution in [0.1, 0.15) is 28.3 Å². The first-order valence-corrected chi connectivity index (χ1v) is 10.0. The van der Waals surface area contributed by atoms with Crippen LogP contribution < -0.4 is 15.4 Å². The molecule has 2 N–H and O–H groups in total. The van der Waals surface area contributed by atoms with Crippen LogP contribution in [0.2, 0.25) is 5.02 Å². The number of hydrogen-bond donors (Lipinski definition) is 2. The molecular weight excluding hydrogens is 400 g/mol. The van der Waals surface area contributed by atoms with E-state index in [0.717, 1.165) is 12.0 Å². The Hall–Kier alpha value is -3.31. The lowest BCUT2D eigenvalue weighted by molar-refractivity contribution is -0.117. The van der Waals surface area contributed by atoms with Crippen LogP contribution in [0.4, 0.5) is 11.4 Å². The molecule has 4 rings (SSSR count). The van der Waals surface area contributed by atoms with E-state index in [-0.39, 0.29) is 23.7 Å². The topological polar surface area (TPSA) is 67.4 Å². The van der Waals surface area contributed by atoms with Gasteiger partial charge in [0.15, 0.2) is 0 Å². The molecule has 0 aromatic heterocycles. The Kier molecular flexibility index (Phi) is 5.72. The zero-order valence-electron chi connectivity index (χ0n) is 16.4. The van der Waals surface area contributed by atoms with Gasteiger partial charge >= 0.3 is 0 Å². The maximum atomic E-state index is 12.8. The van der Waals surface area contributed by atoms with Crippen molar-refractivity contribution in [2.24, 2.45) is 5.92 Å². The molecule has 2 atom stereocenters. The van der Waals surface area contributed by atoms with Crippen molar-refractivity contribution in [1.82, 2.24) is 0 Å². The van der Waals surface area contributed by atoms with Gasteiger partial charge in [0, 0.05) is 22.7 Å². The van der Waals surface area contributed by atoms with Gasteiger partial charge in [-0.3, -0.25) is 9.59 Å². The number of benzene rings is 3. The quantitative estimate of drug-likeness (QED) is 0.565. The number of amides is 2. The molecule has 2 amide bonds. The minimum Gasteiger partial charge on any atom is -0.497 e. The lowest BCUT2D eigenvalue weighted by Gasteiger charge is -2.12. The molecule has 5 nitrogen and oxygen atoms in total. The van der Waals surface area contributed by atoms with Gasteiger partial charge in [-0.2, -0.15) is 0 Å². The van der Waals surface area contributed by atoms with E-state index in [4.69, 9.17) is 16.3 Å². The fourth-order valence-corrected chi connectivity index (χ4v) is 3.79. The van der Waals surface area contributed by atoms with E-state index in [1.54, 1.807) is 55.6 Å². The van der Waals surface area contributed by atoms with Crippen molar-refractivity contribution < 1.29 is 14.3 Å². The fraction of sp³-hybridized carbons (Fsp3) is 0.167. The molecule has 0 spiro atoms. The zero-order chi connectivity index (χ0) is 21.1. The second-order valence-corrected chi connectivity index (χ2v) is 7.60. The van der Waals surface area contributed by atoms with Gasteiger partial charge in [0.2, 0.25) is 5.91 Å². The number of halogens is 1. The minimum absolute atomic E-state index is 0.108. The highest BCUT2D eigenvalue weighted by Gasteiger charge is 2.44. The van der Waals surface area contributed by atoms with Crippen LogP contribution in [0.3, 0.4) is 0 Å². The molecule has 0 radical (unpaired) electrons. The Balaban J connectivity index is 1.46. The third-order valence-electron chi connectivity index (χ3n) is 5.19. The van der Waals surface area contributed by atoms with Crippen LogP contribution in [-0.2, 0) is 4.79 Å². The molecule has 1 aliphatic rings. The number of anilines is 2. The highest BCUT2D eigenvalue weighted by molar-refractivity contribution is 6.31. The van der Waals surface area contributed by atoms with E-state index in [1.165, 1.54) is 0 Å². The van der Waals surface area contributed by atoms with Crippen molar-refractivity contribution in [1.29, 1.82) is 0 Å². The standard InChI is InChI=1S/C24H21ClN2O3/c1-30-16-8-6-7-15(13-16)26-23(28)18-10-3-5-12-22(18)27-24(29)20-14-19(20)17-9-2-4-11-21(17)25/h2-13,19-20H,14H2,1H3,(H,26,28)(H,27,29). The summed E-state index contributed by atoms with van der Waals surface area (Å²) in [5, 5.41) is 6.44. The first-order valence-electron chi connectivity index (χ1n) is 9.66. The van der Waals surface area contributed by atoms with Gasteiger partial charge in [-0.05, 0) is 48.2 Å². The summed E-state index contributed by atoms with van der Waals surface area (Å²) in [6.45, 7) is 0. The van der Waals surface area contributed by atoms with Gasteiger partial charge in [-0.25, -0.2) is 0 Å². The molecule has 0 bridgehead atoms. The first-order chi connectivity index (χ1) is 14.6. The van der Waals surface area contributed by atoms with Crippen LogP contribution in [0.15, 0.2) is 72.8 Å². The molecule has 2 unspecified atom stereocenters. The van der Waals surface area contributed by atoms with Crippen LogP contribution in [0, 0.1) is 5.92 Å². The van der Waals surface area contributed by atoms with Crippen LogP contribution in [0.5, 0.6) is 5.75 Å². The van der Waals surface area contributed by atoms with Crippen molar-refractivity contribution in [3.8, 4) is 5.75 Å². The number of methoxy groups -OCH3 is 1. The molecule has 1 aliphatic carbocycles. The molecular formula is C24H21ClN2O3. The highest BCUT2D eigenvalue weighted by atomic mass is 35.5. The highest BCUT2D eigenvalue weighted by Crippen LogP contribution is 2.50. The Morgan fingerprint density at radius 1 is 0.967 bits per heavy atom. The number of carbonyl (C=O) groups is 2. The van der Waals surface area contributed by atoms with Gasteiger partial charge < -0.3 is 15.4 Å². The molecule has 0 aliphatic heterocycles. The number of nitrogens with one attached hydrogen (secondary N) is 2. The van der Waals surface area contributed by atoms with Gasteiger partial charge in [-0.15, -0.1) is 0 Å². The predicted molar refractivity (Wildman–Crippen MR) is 118 cm³/mol. The Morgan fingerprint density at radius 3 is 2.53 bits per heavy atom. The third kappa shape index (κ3) is 4.31. The summed E-state index contributed by atoms with van der Waals surface area (Å²) in [5.74, 6) is 0.184. The maximum Gasteiger partial charge on any atom is 0.257 e. The van der Waals surface area contributed by atoms with Crippen molar-refractivity contribution in [3.05, 3.63) is 88.9 Å². The summed E-state index contributed by atoms with van der Waals surface area (Å²) < 4.78 is 5.19. The van der Waals surface area contributed by atoms with Crippen molar-refractivity contribution >= 4 is 34.8 Å². The lowest BCUT2D eigenvalue weighted by Crippen LogP contribution is -2.19. The SMILES string of the molecule is COc1cccc(NC(=O)c2ccccc2NC(=O)C2CC2c2ccccc2Cl)c1. The van der Waals surface area contributed by atoms with E-state index in [9.17, 15) is 9.59 Å². The molecule has 152 valence electrons. The molecule has 1 fully saturated rings. The van der Waals surface area contributed by atoms with E-state index in [2.05, 4.69) is 10.6 Å². The number of hydrogen-bond acceptors (Lipinski definition) is 3. The Morgan fingerprint density at radius 2 is 1.73 bits per heavy atom. The average molecular weight is 421 g/mol. The largest absolute Gasteiger partial charge is 0.497 e. The Bertz CT molecular complexity index is 1100. The van der Waals surface area contributed by atoms with Gasteiger partial charge in [0.05, 0.1) is 18.4 Å². The van der Waals surface area contributed by atoms with Crippen LogP contribution in [-0.4, -0.2) is 18.9 Å². The van der Waals surface area contributed by atoms with Gasteiger partial charge in [-0.1, -0.05) is 48.0 Å². The number of para-hydroxylation sites is 1. The van der Waals surface area contributed by atoms with E-state index in [1.807, 2.05) is 24.3 Å². The average Bonchev–Trinajstić information content (AvgIpc) is 3.55. The Labute approximate surface area is 180 Å². The van der Waals surface area contributed by atoms with Crippen molar-refractivity contribution in [3.63, 3.8) is 0 Å². The van der Waals surface area contributed by atoms with E-state index in [0.29, 0.717) is 27.7 Å². The minimum atomic E-state index is -0.308. The molecule has 30 heavy (non-hydrogen) atoms. The van der Waals surface area contributed by atoms with Crippen molar-refractivity contribution in [2.45, 2.75) is 12.3 Å². The smallest absolute Gasteiger partial charge is 0.257 e. The van der Waals surface area contributed by atoms with E-state index >= 15 is 0 Å². The second-order valence-electron chi connectivity index (χ2n) is 7.19. The summed E-state index contributed by atoms with van der Waals surface area (Å²) >= 11 is 6.26. The van der Waals surface area contributed by atoms with Crippen molar-refractivity contribution in [2.75, 3.05) is 17.7 Å². The second kappa shape index (κ2) is 8.59. The van der Waals surface area contributed by atoms with Crippen LogP contribution >= 0.6 is 11.6 Å². The number of ether oxygens (including phenoxy) is 1. The lowest BCUT2D eigenvalue weighted by atomic mass is 10.1. The summed E-state index contributed by atoms with van der Waals surface area (Å²) in [6, 6.07) is 21.7. The molecule has 0 heterocycles. The summed E-state index contributed by atoms with van der Waals surface area (Å²) in [4.78, 5) is 25.6. The molecule has 3 aromatic carbocycles. The van der Waals surface area contributed by atoms with E-state index < -0.39 is 0 Å². The maximum absolute atomic E-state index is 12.8. The zero-order valence-corrected chi connectivity index (χ0v) is 17.1. The monoisotopic (exact) mass is 420 g/mol. The molecule has 6 heteroatoms. The number of carbonyl (C=O) groups excluding carboxylic acids is 2. The first kappa shape index (κ1) is 20.0. The molecule has 0 saturated heterocycles. The fourth-order valence-electron chi connectivity index (χ4n) is 3.52. The number of rotatable bonds is 6. The predicted octanol–water partition coefficient (Wildman–Crippen LogP) is 5.34. The normalized spacial score (nSPS) is 17.1. The molecule has 3 aromatic rings. The molecule has 1 saturated carbocycles. The van der Waals surface area contributed by atoms with Gasteiger partial charge in [0.25, 0.3) is 5.91 Å². The van der Waals surface area contributed by atoms with Gasteiger partial charge in [0.1, 0.15) is 5.75 Å². The summed E-state index contributed by atoms with van der Waals surface area (Å²) in [7, 11) is 1.57. The summed E-state index contributed by atoms with van der Waals surface area (Å²) in [6.07, 6.45) is 0.744.